The molecule has 0 unspecified atom stereocenters. The van der Waals surface area contributed by atoms with Gasteiger partial charge in [-0.3, -0.25) is 0 Å². The zero-order chi connectivity index (χ0) is 22.8. The van der Waals surface area contributed by atoms with Crippen molar-refractivity contribution in [2.45, 2.75) is 27.7 Å². The molecule has 0 fully saturated rings. The zero-order valence-corrected chi connectivity index (χ0v) is 18.5. The Hall–Kier alpha value is -4.28. The number of nitrogens with zero attached hydrogens (tertiary/aromatic N) is 2. The van der Waals surface area contributed by atoms with Gasteiger partial charge in [0.25, 0.3) is 0 Å². The third-order valence-corrected chi connectivity index (χ3v) is 5.28. The average molecular weight is 418 g/mol. The molecule has 0 bridgehead atoms. The zero-order valence-electron chi connectivity index (χ0n) is 18.5. The molecule has 0 N–H and O–H groups in total. The molecule has 4 heteroatoms. The molecule has 6 aromatic rings. The van der Waals surface area contributed by atoms with E-state index in [0.717, 1.165) is 43.5 Å². The Bertz CT molecular complexity index is 1560. The van der Waals surface area contributed by atoms with Crippen LogP contribution >= 0.6 is 0 Å². The predicted molar refractivity (Wildman–Crippen MR) is 131 cm³/mol. The Labute approximate surface area is 185 Å². The lowest BCUT2D eigenvalue weighted by atomic mass is 10.0. The molecule has 156 valence electrons. The van der Waals surface area contributed by atoms with E-state index < -0.39 is 0 Å². The molecule has 4 aromatic carbocycles. The number of nitriles is 2. The summed E-state index contributed by atoms with van der Waals surface area (Å²) in [5, 5.41) is 24.3. The minimum atomic E-state index is 0.580. The van der Waals surface area contributed by atoms with Crippen LogP contribution in [0.2, 0.25) is 0 Å². The highest BCUT2D eigenvalue weighted by atomic mass is 16.3. The van der Waals surface area contributed by atoms with E-state index in [1.54, 1.807) is 24.3 Å². The Kier molecular flexibility index (Phi) is 5.54. The van der Waals surface area contributed by atoms with Crippen molar-refractivity contribution in [3.63, 3.8) is 0 Å². The fraction of sp³-hybridized carbons (Fsp3) is 0.143. The van der Waals surface area contributed by atoms with Gasteiger partial charge in [0.05, 0.1) is 23.3 Å². The number of benzene rings is 4. The van der Waals surface area contributed by atoms with Gasteiger partial charge >= 0.3 is 0 Å². The maximum absolute atomic E-state index is 9.11. The van der Waals surface area contributed by atoms with Crippen LogP contribution in [-0.4, -0.2) is 0 Å². The van der Waals surface area contributed by atoms with E-state index in [4.69, 9.17) is 19.4 Å². The van der Waals surface area contributed by atoms with Gasteiger partial charge in [-0.25, -0.2) is 0 Å². The molecule has 2 aromatic heterocycles. The molecule has 6 rings (SSSR count). The highest BCUT2D eigenvalue weighted by Crippen LogP contribution is 2.37. The summed E-state index contributed by atoms with van der Waals surface area (Å²) in [5.74, 6) is 0. The first-order valence-corrected chi connectivity index (χ1v) is 10.8. The van der Waals surface area contributed by atoms with Crippen molar-refractivity contribution in [2.75, 3.05) is 0 Å². The molecule has 0 spiro atoms. The fourth-order valence-corrected chi connectivity index (χ4v) is 3.93. The average Bonchev–Trinajstić information content (AvgIpc) is 3.39. The van der Waals surface area contributed by atoms with Gasteiger partial charge in [-0.15, -0.1) is 0 Å². The van der Waals surface area contributed by atoms with E-state index in [0.29, 0.717) is 22.3 Å². The second-order valence-corrected chi connectivity index (χ2v) is 6.89. The topological polar surface area (TPSA) is 73.9 Å². The summed E-state index contributed by atoms with van der Waals surface area (Å²) in [6.07, 6.45) is 0. The van der Waals surface area contributed by atoms with Gasteiger partial charge in [-0.2, -0.15) is 10.5 Å². The van der Waals surface area contributed by atoms with E-state index in [1.807, 2.05) is 52.0 Å². The number of fused-ring (bicyclic) bond motifs is 7. The van der Waals surface area contributed by atoms with Crippen molar-refractivity contribution in [2.24, 2.45) is 0 Å². The number of furan rings is 2. The van der Waals surface area contributed by atoms with Crippen LogP contribution < -0.4 is 0 Å². The van der Waals surface area contributed by atoms with Crippen LogP contribution in [0.3, 0.4) is 0 Å². The summed E-state index contributed by atoms with van der Waals surface area (Å²) >= 11 is 0. The highest BCUT2D eigenvalue weighted by Gasteiger charge is 2.13. The van der Waals surface area contributed by atoms with E-state index in [9.17, 15) is 0 Å². The lowest BCUT2D eigenvalue weighted by Crippen LogP contribution is -1.75. The van der Waals surface area contributed by atoms with Gasteiger partial charge in [0.15, 0.2) is 0 Å². The lowest BCUT2D eigenvalue weighted by Gasteiger charge is -1.99. The van der Waals surface area contributed by atoms with Crippen molar-refractivity contribution in [3.8, 4) is 12.1 Å². The van der Waals surface area contributed by atoms with Crippen LogP contribution in [0.5, 0.6) is 0 Å². The summed E-state index contributed by atoms with van der Waals surface area (Å²) in [5.41, 5.74) is 4.16. The standard InChI is InChI=1S/C24H10N2O2.2C2H6/c25-11-13-1-3-17-19-7-15-10-24-20(8-16(15)9-23(19)27-21(17)5-13)18-4-2-14(12-26)6-22(18)28-24;2*1-2/h1-10H;2*1-2H3. The van der Waals surface area contributed by atoms with E-state index in [2.05, 4.69) is 24.3 Å². The second kappa shape index (κ2) is 8.46. The molecule has 4 nitrogen and oxygen atoms in total. The molecule has 0 aliphatic carbocycles. The summed E-state index contributed by atoms with van der Waals surface area (Å²) in [7, 11) is 0. The number of hydrogen-bond donors (Lipinski definition) is 0. The largest absolute Gasteiger partial charge is 0.456 e. The van der Waals surface area contributed by atoms with Crippen molar-refractivity contribution < 1.29 is 8.83 Å². The summed E-state index contributed by atoms with van der Waals surface area (Å²) < 4.78 is 12.0. The van der Waals surface area contributed by atoms with Gasteiger partial charge in [0.1, 0.15) is 22.3 Å². The van der Waals surface area contributed by atoms with Crippen LogP contribution in [0, 0.1) is 22.7 Å². The molecule has 0 aliphatic heterocycles. The van der Waals surface area contributed by atoms with Gasteiger partial charge in [-0.05, 0) is 71.4 Å². The van der Waals surface area contributed by atoms with Gasteiger partial charge in [-0.1, -0.05) is 27.7 Å². The smallest absolute Gasteiger partial charge is 0.136 e. The molecule has 0 atom stereocenters. The first kappa shape index (κ1) is 21.0. The predicted octanol–water partition coefficient (Wildman–Crippen LogP) is 8.43. The normalized spacial score (nSPS) is 10.4. The molecule has 0 radical (unpaired) electrons. The Balaban J connectivity index is 0.000000582. The SMILES string of the molecule is CC.CC.N#Cc1ccc2c(c1)oc1cc3cc4c(cc3cc12)oc1cc(C#N)ccc14. The number of hydrogen-bond acceptors (Lipinski definition) is 4. The summed E-state index contributed by atoms with van der Waals surface area (Å²) in [6.45, 7) is 8.00. The van der Waals surface area contributed by atoms with Crippen LogP contribution in [0.15, 0.2) is 69.5 Å². The molecule has 0 aliphatic rings. The molecular formula is C28H22N2O2. The Morgan fingerprint density at radius 1 is 0.500 bits per heavy atom. The van der Waals surface area contributed by atoms with Gasteiger partial charge < -0.3 is 8.83 Å². The van der Waals surface area contributed by atoms with Crippen molar-refractivity contribution in [1.29, 1.82) is 10.5 Å². The molecule has 0 amide bonds. The van der Waals surface area contributed by atoms with E-state index in [-0.39, 0.29) is 0 Å². The minimum absolute atomic E-state index is 0.580. The minimum Gasteiger partial charge on any atom is -0.456 e. The third kappa shape index (κ3) is 3.23. The lowest BCUT2D eigenvalue weighted by molar-refractivity contribution is 0.668. The van der Waals surface area contributed by atoms with Gasteiger partial charge in [0, 0.05) is 21.5 Å². The molecule has 2 heterocycles. The molecule has 32 heavy (non-hydrogen) atoms. The molecule has 0 saturated carbocycles. The first-order chi connectivity index (χ1) is 15.7. The van der Waals surface area contributed by atoms with Crippen LogP contribution in [0.25, 0.3) is 54.6 Å². The summed E-state index contributed by atoms with van der Waals surface area (Å²) in [4.78, 5) is 0. The fourth-order valence-electron chi connectivity index (χ4n) is 3.93. The summed E-state index contributed by atoms with van der Waals surface area (Å²) in [6, 6.07) is 23.5. The van der Waals surface area contributed by atoms with E-state index >= 15 is 0 Å². The quantitative estimate of drug-likeness (QED) is 0.248. The first-order valence-electron chi connectivity index (χ1n) is 10.8. The van der Waals surface area contributed by atoms with Crippen molar-refractivity contribution >= 4 is 54.6 Å². The number of rotatable bonds is 0. The van der Waals surface area contributed by atoms with Gasteiger partial charge in [0.2, 0.25) is 0 Å². The van der Waals surface area contributed by atoms with Crippen LogP contribution in [-0.2, 0) is 0 Å². The molecule has 0 saturated heterocycles. The second-order valence-electron chi connectivity index (χ2n) is 6.89. The van der Waals surface area contributed by atoms with Crippen LogP contribution in [0.1, 0.15) is 38.8 Å². The monoisotopic (exact) mass is 418 g/mol. The van der Waals surface area contributed by atoms with E-state index in [1.165, 1.54) is 0 Å². The van der Waals surface area contributed by atoms with Crippen LogP contribution in [0.4, 0.5) is 0 Å². The third-order valence-electron chi connectivity index (χ3n) is 5.28. The Morgan fingerprint density at radius 3 is 1.25 bits per heavy atom. The maximum atomic E-state index is 9.11. The Morgan fingerprint density at radius 2 is 0.875 bits per heavy atom. The van der Waals surface area contributed by atoms with Crippen molar-refractivity contribution in [3.05, 3.63) is 71.8 Å². The maximum Gasteiger partial charge on any atom is 0.136 e. The van der Waals surface area contributed by atoms with Crippen molar-refractivity contribution in [1.82, 2.24) is 0 Å². The highest BCUT2D eigenvalue weighted by molar-refractivity contribution is 6.15. The molecular weight excluding hydrogens is 396 g/mol.